The number of hydrogen-bond donors (Lipinski definition) is 2. The second kappa shape index (κ2) is 7.28. The van der Waals surface area contributed by atoms with Crippen LogP contribution in [0.25, 0.3) is 26.4 Å². The van der Waals surface area contributed by atoms with Crippen molar-refractivity contribution in [2.24, 2.45) is 0 Å². The van der Waals surface area contributed by atoms with Gasteiger partial charge in [0.25, 0.3) is 0 Å². The Kier molecular flexibility index (Phi) is 4.89. The first kappa shape index (κ1) is 20.2. The minimum atomic E-state index is -0.198. The highest BCUT2D eigenvalue weighted by Crippen LogP contribution is 2.44. The van der Waals surface area contributed by atoms with E-state index in [-0.39, 0.29) is 11.3 Å². The quantitative estimate of drug-likeness (QED) is 0.458. The van der Waals surface area contributed by atoms with Crippen molar-refractivity contribution < 1.29 is 19.3 Å². The average Bonchev–Trinajstić information content (AvgIpc) is 3.23. The lowest BCUT2D eigenvalue weighted by molar-refractivity contribution is 0.340. The Morgan fingerprint density at radius 3 is 2.23 bits per heavy atom. The molecule has 0 spiro atoms. The van der Waals surface area contributed by atoms with E-state index in [0.717, 1.165) is 38.0 Å². The van der Waals surface area contributed by atoms with Gasteiger partial charge in [0, 0.05) is 11.1 Å². The van der Waals surface area contributed by atoms with Crippen molar-refractivity contribution >= 4 is 32.3 Å². The molecule has 4 aromatic rings. The molecule has 158 valence electrons. The Balaban J connectivity index is 2.01. The van der Waals surface area contributed by atoms with Gasteiger partial charge in [-0.25, -0.2) is 4.98 Å². The van der Waals surface area contributed by atoms with Crippen LogP contribution in [-0.2, 0) is 0 Å². The van der Waals surface area contributed by atoms with Crippen LogP contribution in [0.15, 0.2) is 30.3 Å². The van der Waals surface area contributed by atoms with Crippen LogP contribution in [0.3, 0.4) is 0 Å². The number of aromatic hydroxyl groups is 1. The summed E-state index contributed by atoms with van der Waals surface area (Å²) in [6, 6.07) is 9.53. The highest BCUT2D eigenvalue weighted by Gasteiger charge is 2.24. The molecule has 2 aromatic carbocycles. The van der Waals surface area contributed by atoms with E-state index in [1.54, 1.807) is 30.6 Å². The zero-order chi connectivity index (χ0) is 21.6. The maximum atomic E-state index is 10.3. The zero-order valence-electron chi connectivity index (χ0n) is 17.9. The number of nitrogens with zero attached hydrogens (tertiary/aromatic N) is 2. The van der Waals surface area contributed by atoms with Gasteiger partial charge in [-0.2, -0.15) is 0 Å². The van der Waals surface area contributed by atoms with Crippen molar-refractivity contribution in [2.75, 3.05) is 26.6 Å². The van der Waals surface area contributed by atoms with Crippen LogP contribution >= 0.6 is 11.3 Å². The molecular weight excluding hydrogens is 402 g/mol. The Labute approximate surface area is 178 Å². The van der Waals surface area contributed by atoms with Gasteiger partial charge in [0.1, 0.15) is 17.3 Å². The van der Waals surface area contributed by atoms with Gasteiger partial charge in [-0.15, -0.1) is 0 Å². The SMILES string of the molecule is COc1ccc2c(c1)sc1nc(-c3cc(OC)c(O)c(OC)c3)c(NC(C)(C)C)n12. The zero-order valence-corrected chi connectivity index (χ0v) is 18.7. The van der Waals surface area contributed by atoms with Crippen molar-refractivity contribution in [3.8, 4) is 34.3 Å². The molecule has 0 aliphatic carbocycles. The molecule has 7 nitrogen and oxygen atoms in total. The van der Waals surface area contributed by atoms with Crippen LogP contribution in [0, 0.1) is 0 Å². The first-order valence-corrected chi connectivity index (χ1v) is 10.3. The molecule has 0 aliphatic rings. The fourth-order valence-corrected chi connectivity index (χ4v) is 4.43. The third kappa shape index (κ3) is 3.37. The predicted molar refractivity (Wildman–Crippen MR) is 121 cm³/mol. The first-order valence-electron chi connectivity index (χ1n) is 9.48. The summed E-state index contributed by atoms with van der Waals surface area (Å²) in [5.41, 5.74) is 2.38. The summed E-state index contributed by atoms with van der Waals surface area (Å²) in [4.78, 5) is 5.78. The first-order chi connectivity index (χ1) is 14.3. The smallest absolute Gasteiger partial charge is 0.200 e. The maximum absolute atomic E-state index is 10.3. The average molecular weight is 428 g/mol. The van der Waals surface area contributed by atoms with Gasteiger partial charge in [-0.05, 0) is 51.1 Å². The van der Waals surface area contributed by atoms with Gasteiger partial charge in [0.15, 0.2) is 16.5 Å². The molecule has 0 saturated carbocycles. The third-order valence-corrected chi connectivity index (χ3v) is 5.71. The standard InChI is InChI=1S/C22H25N3O4S/c1-22(2,3)24-20-18(12-9-15(28-5)19(26)16(10-12)29-6)23-21-25(20)14-8-7-13(27-4)11-17(14)30-21/h7-11,24,26H,1-6H3. The van der Waals surface area contributed by atoms with Gasteiger partial charge in [0.2, 0.25) is 5.75 Å². The number of methoxy groups -OCH3 is 3. The molecule has 30 heavy (non-hydrogen) atoms. The second-order valence-corrected chi connectivity index (χ2v) is 8.98. The van der Waals surface area contributed by atoms with Gasteiger partial charge < -0.3 is 24.6 Å². The Morgan fingerprint density at radius 2 is 1.67 bits per heavy atom. The molecule has 0 bridgehead atoms. The van der Waals surface area contributed by atoms with E-state index in [1.165, 1.54) is 14.2 Å². The molecule has 2 aromatic heterocycles. The molecule has 8 heteroatoms. The number of anilines is 1. The summed E-state index contributed by atoms with van der Waals surface area (Å²) >= 11 is 1.59. The van der Waals surface area contributed by atoms with E-state index in [0.29, 0.717) is 11.5 Å². The summed E-state index contributed by atoms with van der Waals surface area (Å²) in [5, 5.41) is 13.9. The van der Waals surface area contributed by atoms with Gasteiger partial charge in [-0.3, -0.25) is 4.40 Å². The lowest BCUT2D eigenvalue weighted by Crippen LogP contribution is -2.27. The molecule has 0 saturated heterocycles. The van der Waals surface area contributed by atoms with Crippen LogP contribution in [0.2, 0.25) is 0 Å². The lowest BCUT2D eigenvalue weighted by atomic mass is 10.1. The molecule has 0 fully saturated rings. The van der Waals surface area contributed by atoms with E-state index in [9.17, 15) is 5.11 Å². The van der Waals surface area contributed by atoms with Gasteiger partial charge >= 0.3 is 0 Å². The van der Waals surface area contributed by atoms with E-state index in [1.807, 2.05) is 18.2 Å². The number of imidazole rings is 1. The number of thiazole rings is 1. The normalized spacial score (nSPS) is 11.8. The van der Waals surface area contributed by atoms with Crippen LogP contribution in [-0.4, -0.2) is 41.4 Å². The molecule has 0 amide bonds. The topological polar surface area (TPSA) is 77.2 Å². The highest BCUT2D eigenvalue weighted by atomic mass is 32.1. The molecule has 0 unspecified atom stereocenters. The molecule has 2 N–H and O–H groups in total. The lowest BCUT2D eigenvalue weighted by Gasteiger charge is -2.23. The van der Waals surface area contributed by atoms with Crippen molar-refractivity contribution in [3.05, 3.63) is 30.3 Å². The van der Waals surface area contributed by atoms with Crippen LogP contribution in [0.4, 0.5) is 5.82 Å². The summed E-state index contributed by atoms with van der Waals surface area (Å²) in [7, 11) is 4.69. The summed E-state index contributed by atoms with van der Waals surface area (Å²) < 4.78 is 19.3. The van der Waals surface area contributed by atoms with Crippen LogP contribution in [0.1, 0.15) is 20.8 Å². The molecule has 0 aliphatic heterocycles. The van der Waals surface area contributed by atoms with E-state index >= 15 is 0 Å². The number of rotatable bonds is 5. The van der Waals surface area contributed by atoms with Crippen molar-refractivity contribution in [1.29, 1.82) is 0 Å². The molecular formula is C22H25N3O4S. The summed E-state index contributed by atoms with van der Waals surface area (Å²) in [5.74, 6) is 2.30. The maximum Gasteiger partial charge on any atom is 0.200 e. The fourth-order valence-electron chi connectivity index (χ4n) is 3.38. The largest absolute Gasteiger partial charge is 0.502 e. The Morgan fingerprint density at radius 1 is 1.00 bits per heavy atom. The van der Waals surface area contributed by atoms with E-state index < -0.39 is 0 Å². The summed E-state index contributed by atoms with van der Waals surface area (Å²) in [6.45, 7) is 6.31. The summed E-state index contributed by atoms with van der Waals surface area (Å²) in [6.07, 6.45) is 0. The Hall–Kier alpha value is -3.13. The van der Waals surface area contributed by atoms with E-state index in [2.05, 4.69) is 30.5 Å². The number of hydrogen-bond acceptors (Lipinski definition) is 7. The number of ether oxygens (including phenoxy) is 3. The minimum Gasteiger partial charge on any atom is -0.502 e. The number of benzene rings is 2. The minimum absolute atomic E-state index is 0.0346. The monoisotopic (exact) mass is 427 g/mol. The fraction of sp³-hybridized carbons (Fsp3) is 0.318. The second-order valence-electron chi connectivity index (χ2n) is 7.97. The predicted octanol–water partition coefficient (Wildman–Crippen LogP) is 5.16. The van der Waals surface area contributed by atoms with E-state index in [4.69, 9.17) is 19.2 Å². The number of aromatic nitrogens is 2. The van der Waals surface area contributed by atoms with Crippen LogP contribution in [0.5, 0.6) is 23.0 Å². The molecule has 4 rings (SSSR count). The third-order valence-electron chi connectivity index (χ3n) is 4.70. The number of fused-ring (bicyclic) bond motifs is 3. The van der Waals surface area contributed by atoms with Crippen molar-refractivity contribution in [2.45, 2.75) is 26.3 Å². The Bertz CT molecular complexity index is 1210. The van der Waals surface area contributed by atoms with Gasteiger partial charge in [-0.1, -0.05) is 11.3 Å². The van der Waals surface area contributed by atoms with Crippen molar-refractivity contribution in [1.82, 2.24) is 9.38 Å². The number of phenolic OH excluding ortho intramolecular Hbond substituents is 1. The molecule has 2 heterocycles. The number of phenols is 1. The highest BCUT2D eigenvalue weighted by molar-refractivity contribution is 7.23. The van der Waals surface area contributed by atoms with Gasteiger partial charge in [0.05, 0.1) is 31.5 Å². The molecule has 0 atom stereocenters. The van der Waals surface area contributed by atoms with Crippen LogP contribution < -0.4 is 19.5 Å². The molecule has 0 radical (unpaired) electrons. The van der Waals surface area contributed by atoms with Crippen molar-refractivity contribution in [3.63, 3.8) is 0 Å². The number of nitrogens with one attached hydrogen (secondary N) is 1.